The van der Waals surface area contributed by atoms with E-state index in [1.54, 1.807) is 13.2 Å². The van der Waals surface area contributed by atoms with E-state index in [2.05, 4.69) is 54.7 Å². The molecule has 10 heteroatoms. The van der Waals surface area contributed by atoms with E-state index in [4.69, 9.17) is 15.8 Å². The maximum absolute atomic E-state index is 12.3. The van der Waals surface area contributed by atoms with Crippen molar-refractivity contribution in [1.29, 1.82) is 0 Å². The molecule has 0 unspecified atom stereocenters. The first-order valence-corrected chi connectivity index (χ1v) is 13.1. The molecule has 1 amide bonds. The first kappa shape index (κ1) is 23.3. The Kier molecular flexibility index (Phi) is 5.49. The van der Waals surface area contributed by atoms with Crippen LogP contribution in [-0.2, 0) is 10.2 Å². The molecule has 2 aliphatic carbocycles. The van der Waals surface area contributed by atoms with Gasteiger partial charge in [-0.1, -0.05) is 13.0 Å². The lowest BCUT2D eigenvalue weighted by Gasteiger charge is -2.22. The monoisotopic (exact) mass is 548 g/mol. The number of nitrogens with zero attached hydrogens (tertiary/aromatic N) is 5. The molecule has 36 heavy (non-hydrogen) atoms. The van der Waals surface area contributed by atoms with Crippen LogP contribution in [0.25, 0.3) is 27.6 Å². The Balaban J connectivity index is 1.39. The molecule has 2 saturated carbocycles. The number of hydrogen-bond donors (Lipinski definition) is 3. The van der Waals surface area contributed by atoms with Gasteiger partial charge in [0.1, 0.15) is 4.60 Å². The third kappa shape index (κ3) is 3.74. The van der Waals surface area contributed by atoms with Gasteiger partial charge in [0.25, 0.3) is 0 Å². The molecule has 3 heterocycles. The van der Waals surface area contributed by atoms with Gasteiger partial charge in [-0.15, -0.1) is 0 Å². The van der Waals surface area contributed by atoms with Crippen LogP contribution >= 0.6 is 15.9 Å². The van der Waals surface area contributed by atoms with Crippen LogP contribution < -0.4 is 16.4 Å². The lowest BCUT2D eigenvalue weighted by atomic mass is 9.87. The molecule has 2 fully saturated rings. The molecular formula is C26H29BrN8O. The molecule has 6 rings (SSSR count). The number of anilines is 1. The fraction of sp³-hybridized carbons (Fsp3) is 0.423. The summed E-state index contributed by atoms with van der Waals surface area (Å²) < 4.78 is 2.54. The first-order valence-electron chi connectivity index (χ1n) is 12.4. The van der Waals surface area contributed by atoms with Gasteiger partial charge in [0, 0.05) is 48.2 Å². The zero-order chi connectivity index (χ0) is 25.1. The number of aromatic nitrogens is 5. The SMILES string of the molecule is CNC(=O)[C@]1(C)CC[C@@H](Nc2ncc3c(Br)nn(-c4cc(C5(CN)CC5)c5ncccc5c4)c3n2)C1. The van der Waals surface area contributed by atoms with Crippen molar-refractivity contribution in [2.24, 2.45) is 11.1 Å². The van der Waals surface area contributed by atoms with Crippen molar-refractivity contribution in [3.8, 4) is 5.69 Å². The largest absolute Gasteiger partial charge is 0.359 e. The number of hydrogen-bond acceptors (Lipinski definition) is 7. The number of amides is 1. The first-order chi connectivity index (χ1) is 17.4. The minimum Gasteiger partial charge on any atom is -0.359 e. The Morgan fingerprint density at radius 1 is 1.28 bits per heavy atom. The van der Waals surface area contributed by atoms with Gasteiger partial charge in [0.2, 0.25) is 11.9 Å². The van der Waals surface area contributed by atoms with Crippen molar-refractivity contribution in [2.75, 3.05) is 18.9 Å². The maximum Gasteiger partial charge on any atom is 0.225 e. The standard InChI is InChI=1S/C26H29BrN8O/c1-25(23(36)29-2)6-5-16(12-25)32-24-31-13-18-21(27)34-35(22(18)33-24)17-10-15-4-3-9-30-20(15)19(11-17)26(14-28)7-8-26/h3-4,9-11,13,16H,5-8,12,14,28H2,1-2H3,(H,29,36)(H,31,32,33)/t16-,25-/m1/s1. The molecule has 0 saturated heterocycles. The number of benzene rings is 1. The number of rotatable bonds is 6. The molecule has 186 valence electrons. The second-order valence-electron chi connectivity index (χ2n) is 10.4. The van der Waals surface area contributed by atoms with Crippen molar-refractivity contribution in [2.45, 2.75) is 50.5 Å². The molecular weight excluding hydrogens is 520 g/mol. The van der Waals surface area contributed by atoms with E-state index in [0.29, 0.717) is 22.7 Å². The van der Waals surface area contributed by atoms with Crippen molar-refractivity contribution in [3.05, 3.63) is 46.8 Å². The highest BCUT2D eigenvalue weighted by Crippen LogP contribution is 2.49. The molecule has 3 aromatic heterocycles. The summed E-state index contributed by atoms with van der Waals surface area (Å²) in [5, 5.41) is 12.9. The van der Waals surface area contributed by atoms with Gasteiger partial charge in [-0.05, 0) is 71.8 Å². The van der Waals surface area contributed by atoms with Gasteiger partial charge < -0.3 is 16.4 Å². The Bertz CT molecular complexity index is 1500. The van der Waals surface area contributed by atoms with E-state index in [-0.39, 0.29) is 22.8 Å². The average molecular weight is 549 g/mol. The smallest absolute Gasteiger partial charge is 0.225 e. The Morgan fingerprint density at radius 3 is 2.86 bits per heavy atom. The van der Waals surface area contributed by atoms with Crippen LogP contribution in [0.1, 0.15) is 44.6 Å². The molecule has 9 nitrogen and oxygen atoms in total. The maximum atomic E-state index is 12.3. The Labute approximate surface area is 217 Å². The van der Waals surface area contributed by atoms with Gasteiger partial charge >= 0.3 is 0 Å². The van der Waals surface area contributed by atoms with E-state index in [1.807, 2.05) is 23.9 Å². The topological polar surface area (TPSA) is 124 Å². The summed E-state index contributed by atoms with van der Waals surface area (Å²) in [5.41, 5.74) is 9.60. The van der Waals surface area contributed by atoms with Gasteiger partial charge in [-0.2, -0.15) is 10.1 Å². The summed E-state index contributed by atoms with van der Waals surface area (Å²) in [5.74, 6) is 0.614. The van der Waals surface area contributed by atoms with E-state index < -0.39 is 0 Å². The van der Waals surface area contributed by atoms with E-state index >= 15 is 0 Å². The molecule has 2 aliphatic rings. The minimum atomic E-state index is -0.376. The van der Waals surface area contributed by atoms with Crippen molar-refractivity contribution < 1.29 is 4.79 Å². The Hall–Kier alpha value is -3.11. The summed E-state index contributed by atoms with van der Waals surface area (Å²) in [6.07, 6.45) is 8.20. The van der Waals surface area contributed by atoms with Crippen LogP contribution in [0, 0.1) is 5.41 Å². The van der Waals surface area contributed by atoms with Crippen LogP contribution in [0.5, 0.6) is 0 Å². The third-order valence-electron chi connectivity index (χ3n) is 7.98. The van der Waals surface area contributed by atoms with E-state index in [1.165, 1.54) is 5.56 Å². The van der Waals surface area contributed by atoms with Gasteiger partial charge in [-0.3, -0.25) is 9.78 Å². The third-order valence-corrected chi connectivity index (χ3v) is 8.56. The molecule has 4 aromatic rings. The quantitative estimate of drug-likeness (QED) is 0.334. The predicted molar refractivity (Wildman–Crippen MR) is 143 cm³/mol. The van der Waals surface area contributed by atoms with Crippen molar-refractivity contribution in [1.82, 2.24) is 30.0 Å². The average Bonchev–Trinajstić information content (AvgIpc) is 3.51. The van der Waals surface area contributed by atoms with E-state index in [0.717, 1.165) is 54.1 Å². The summed E-state index contributed by atoms with van der Waals surface area (Å²) >= 11 is 3.59. The molecule has 0 aliphatic heterocycles. The van der Waals surface area contributed by atoms with Gasteiger partial charge in [0.05, 0.1) is 16.6 Å². The number of fused-ring (bicyclic) bond motifs is 2. The van der Waals surface area contributed by atoms with Crippen LogP contribution in [0.15, 0.2) is 41.3 Å². The van der Waals surface area contributed by atoms with Crippen LogP contribution in [0.3, 0.4) is 0 Å². The van der Waals surface area contributed by atoms with E-state index in [9.17, 15) is 4.79 Å². The second kappa shape index (κ2) is 8.48. The lowest BCUT2D eigenvalue weighted by molar-refractivity contribution is -0.129. The van der Waals surface area contributed by atoms with Crippen LogP contribution in [0.2, 0.25) is 0 Å². The fourth-order valence-corrected chi connectivity index (χ4v) is 6.05. The lowest BCUT2D eigenvalue weighted by Crippen LogP contribution is -2.35. The van der Waals surface area contributed by atoms with Crippen molar-refractivity contribution in [3.63, 3.8) is 0 Å². The van der Waals surface area contributed by atoms with Gasteiger partial charge in [0.15, 0.2) is 5.65 Å². The molecule has 4 N–H and O–H groups in total. The number of carbonyl (C=O) groups excluding carboxylic acids is 1. The number of pyridine rings is 1. The predicted octanol–water partition coefficient (Wildman–Crippen LogP) is 3.83. The summed E-state index contributed by atoms with van der Waals surface area (Å²) in [4.78, 5) is 26.4. The van der Waals surface area contributed by atoms with Crippen molar-refractivity contribution >= 4 is 49.7 Å². The number of halogens is 1. The van der Waals surface area contributed by atoms with Gasteiger partial charge in [-0.25, -0.2) is 9.67 Å². The summed E-state index contributed by atoms with van der Waals surface area (Å²) in [6.45, 7) is 2.61. The number of nitrogens with two attached hydrogens (primary N) is 1. The summed E-state index contributed by atoms with van der Waals surface area (Å²) in [6, 6.07) is 8.41. The minimum absolute atomic E-state index is 0.0234. The molecule has 0 spiro atoms. The highest BCUT2D eigenvalue weighted by atomic mass is 79.9. The van der Waals surface area contributed by atoms with Crippen LogP contribution in [-0.4, -0.2) is 50.3 Å². The summed E-state index contributed by atoms with van der Waals surface area (Å²) in [7, 11) is 1.69. The molecule has 2 atom stereocenters. The second-order valence-corrected chi connectivity index (χ2v) is 11.2. The number of carbonyl (C=O) groups is 1. The van der Waals surface area contributed by atoms with Crippen LogP contribution in [0.4, 0.5) is 5.95 Å². The molecule has 0 bridgehead atoms. The zero-order valence-electron chi connectivity index (χ0n) is 20.4. The highest BCUT2D eigenvalue weighted by Gasteiger charge is 2.44. The molecule has 1 aromatic carbocycles. The highest BCUT2D eigenvalue weighted by molar-refractivity contribution is 9.10. The fourth-order valence-electron chi connectivity index (χ4n) is 5.61. The molecule has 0 radical (unpaired) electrons. The Morgan fingerprint density at radius 2 is 2.11 bits per heavy atom. The normalized spacial score (nSPS) is 22.7. The zero-order valence-corrected chi connectivity index (χ0v) is 22.0. The number of nitrogens with one attached hydrogen (secondary N) is 2.